The van der Waals surface area contributed by atoms with E-state index in [1.54, 1.807) is 0 Å². The molecule has 2 aliphatic heterocycles. The first-order chi connectivity index (χ1) is 12.7. The minimum Gasteiger partial charge on any atom is -0.378 e. The van der Waals surface area contributed by atoms with Gasteiger partial charge >= 0.3 is 0 Å². The molecule has 2 saturated heterocycles. The van der Waals surface area contributed by atoms with Crippen LogP contribution in [0.3, 0.4) is 0 Å². The maximum atomic E-state index is 13.2. The van der Waals surface area contributed by atoms with Gasteiger partial charge in [0, 0.05) is 26.2 Å². The second-order valence-corrected chi connectivity index (χ2v) is 7.70. The molecule has 2 heterocycles. The summed E-state index contributed by atoms with van der Waals surface area (Å²) in [7, 11) is 0. The van der Waals surface area contributed by atoms with E-state index in [4.69, 9.17) is 4.74 Å². The van der Waals surface area contributed by atoms with Crippen molar-refractivity contribution < 1.29 is 14.3 Å². The van der Waals surface area contributed by atoms with Crippen molar-refractivity contribution in [2.75, 3.05) is 39.4 Å². The van der Waals surface area contributed by atoms with Gasteiger partial charge in [-0.1, -0.05) is 24.3 Å². The van der Waals surface area contributed by atoms with E-state index in [1.807, 2.05) is 15.9 Å². The summed E-state index contributed by atoms with van der Waals surface area (Å²) in [5.74, 6) is 0.341. The van der Waals surface area contributed by atoms with E-state index in [2.05, 4.69) is 18.2 Å². The SMILES string of the molecule is O=C([C@H]1CCCN(C(=O)[C@H]2CCCc3ccccc32)C1)N1CCOCC1. The van der Waals surface area contributed by atoms with Gasteiger partial charge in [0.05, 0.1) is 25.0 Å². The van der Waals surface area contributed by atoms with Crippen molar-refractivity contribution >= 4 is 11.8 Å². The third-order valence-corrected chi connectivity index (χ3v) is 6.07. The van der Waals surface area contributed by atoms with Crippen LogP contribution in [0.5, 0.6) is 0 Å². The van der Waals surface area contributed by atoms with E-state index in [-0.39, 0.29) is 23.7 Å². The van der Waals surface area contributed by atoms with Gasteiger partial charge in [0.1, 0.15) is 0 Å². The number of hydrogen-bond donors (Lipinski definition) is 0. The topological polar surface area (TPSA) is 49.9 Å². The first-order valence-electron chi connectivity index (χ1n) is 9.97. The molecule has 2 atom stereocenters. The van der Waals surface area contributed by atoms with Crippen LogP contribution < -0.4 is 0 Å². The smallest absolute Gasteiger partial charge is 0.230 e. The molecule has 2 amide bonds. The Labute approximate surface area is 155 Å². The monoisotopic (exact) mass is 356 g/mol. The average molecular weight is 356 g/mol. The van der Waals surface area contributed by atoms with E-state index >= 15 is 0 Å². The fraction of sp³-hybridized carbons (Fsp3) is 0.619. The number of likely N-dealkylation sites (tertiary alicyclic amines) is 1. The molecule has 0 radical (unpaired) electrons. The van der Waals surface area contributed by atoms with Gasteiger partial charge in [0.15, 0.2) is 0 Å². The molecule has 140 valence electrons. The standard InChI is InChI=1S/C21H28N2O3/c24-20(22-11-13-26-14-12-22)17-7-4-10-23(15-17)21(25)19-9-3-6-16-5-1-2-8-18(16)19/h1-2,5,8,17,19H,3-4,6-7,9-15H2/t17-,19-/m0/s1. The van der Waals surface area contributed by atoms with Crippen LogP contribution >= 0.6 is 0 Å². The average Bonchev–Trinajstić information content (AvgIpc) is 2.73. The predicted octanol–water partition coefficient (Wildman–Crippen LogP) is 2.20. The van der Waals surface area contributed by atoms with Gasteiger partial charge in [-0.05, 0) is 43.2 Å². The molecule has 0 bridgehead atoms. The highest BCUT2D eigenvalue weighted by molar-refractivity contribution is 5.86. The number of carbonyl (C=O) groups excluding carboxylic acids is 2. The zero-order valence-corrected chi connectivity index (χ0v) is 15.4. The van der Waals surface area contributed by atoms with Crippen molar-refractivity contribution in [1.82, 2.24) is 9.80 Å². The number of rotatable bonds is 2. The summed E-state index contributed by atoms with van der Waals surface area (Å²) < 4.78 is 5.35. The lowest BCUT2D eigenvalue weighted by molar-refractivity contribution is -0.144. The molecule has 0 spiro atoms. The number of hydrogen-bond acceptors (Lipinski definition) is 3. The number of amides is 2. The van der Waals surface area contributed by atoms with Gasteiger partial charge in [-0.2, -0.15) is 0 Å². The summed E-state index contributed by atoms with van der Waals surface area (Å²) >= 11 is 0. The maximum Gasteiger partial charge on any atom is 0.230 e. The second-order valence-electron chi connectivity index (χ2n) is 7.70. The molecule has 0 unspecified atom stereocenters. The fourth-order valence-electron chi connectivity index (χ4n) is 4.65. The van der Waals surface area contributed by atoms with Crippen LogP contribution in [0.1, 0.15) is 42.7 Å². The van der Waals surface area contributed by atoms with Gasteiger partial charge in [-0.25, -0.2) is 0 Å². The number of aryl methyl sites for hydroxylation is 1. The Morgan fingerprint density at radius 3 is 2.58 bits per heavy atom. The minimum atomic E-state index is -0.0513. The Balaban J connectivity index is 1.44. The molecule has 26 heavy (non-hydrogen) atoms. The summed E-state index contributed by atoms with van der Waals surface area (Å²) in [4.78, 5) is 29.9. The number of morpholine rings is 1. The number of fused-ring (bicyclic) bond motifs is 1. The third-order valence-electron chi connectivity index (χ3n) is 6.07. The van der Waals surface area contributed by atoms with Crippen molar-refractivity contribution in [1.29, 1.82) is 0 Å². The first kappa shape index (κ1) is 17.5. The Kier molecular flexibility index (Phi) is 5.25. The van der Waals surface area contributed by atoms with Gasteiger partial charge < -0.3 is 14.5 Å². The highest BCUT2D eigenvalue weighted by Gasteiger charge is 2.35. The third kappa shape index (κ3) is 3.50. The van der Waals surface area contributed by atoms with Crippen LogP contribution in [0.25, 0.3) is 0 Å². The Bertz CT molecular complexity index is 669. The van der Waals surface area contributed by atoms with Crippen molar-refractivity contribution in [2.24, 2.45) is 5.92 Å². The fourth-order valence-corrected chi connectivity index (χ4v) is 4.65. The summed E-state index contributed by atoms with van der Waals surface area (Å²) in [6.45, 7) is 3.97. The zero-order chi connectivity index (χ0) is 17.9. The molecular formula is C21H28N2O3. The zero-order valence-electron chi connectivity index (χ0n) is 15.4. The largest absolute Gasteiger partial charge is 0.378 e. The van der Waals surface area contributed by atoms with E-state index in [1.165, 1.54) is 11.1 Å². The molecule has 1 aromatic carbocycles. The van der Waals surface area contributed by atoms with E-state index in [9.17, 15) is 9.59 Å². The van der Waals surface area contributed by atoms with Crippen LogP contribution in [0.2, 0.25) is 0 Å². The van der Waals surface area contributed by atoms with Gasteiger partial charge in [0.25, 0.3) is 0 Å². The van der Waals surface area contributed by atoms with Crippen LogP contribution in [-0.4, -0.2) is 61.0 Å². The predicted molar refractivity (Wildman–Crippen MR) is 98.8 cm³/mol. The van der Waals surface area contributed by atoms with Gasteiger partial charge in [-0.3, -0.25) is 9.59 Å². The van der Waals surface area contributed by atoms with Gasteiger partial charge in [-0.15, -0.1) is 0 Å². The van der Waals surface area contributed by atoms with Crippen LogP contribution in [0.15, 0.2) is 24.3 Å². The molecule has 0 saturated carbocycles. The summed E-state index contributed by atoms with van der Waals surface area (Å²) in [5.41, 5.74) is 2.51. The number of ether oxygens (including phenoxy) is 1. The van der Waals surface area contributed by atoms with Crippen molar-refractivity contribution in [3.8, 4) is 0 Å². The van der Waals surface area contributed by atoms with E-state index in [0.717, 1.165) is 38.6 Å². The highest BCUT2D eigenvalue weighted by atomic mass is 16.5. The molecule has 5 nitrogen and oxygen atoms in total. The molecule has 1 aliphatic carbocycles. The molecule has 5 heteroatoms. The first-order valence-corrected chi connectivity index (χ1v) is 9.97. The van der Waals surface area contributed by atoms with Crippen molar-refractivity contribution in [2.45, 2.75) is 38.0 Å². The molecule has 1 aromatic rings. The second kappa shape index (κ2) is 7.78. The number of nitrogens with zero attached hydrogens (tertiary/aromatic N) is 2. The highest BCUT2D eigenvalue weighted by Crippen LogP contribution is 2.34. The molecule has 3 aliphatic rings. The lowest BCUT2D eigenvalue weighted by Crippen LogP contribution is -2.50. The number of carbonyl (C=O) groups is 2. The van der Waals surface area contributed by atoms with Crippen LogP contribution in [0.4, 0.5) is 0 Å². The molecule has 2 fully saturated rings. The quantitative estimate of drug-likeness (QED) is 0.816. The van der Waals surface area contributed by atoms with Gasteiger partial charge in [0.2, 0.25) is 11.8 Å². The number of piperidine rings is 1. The van der Waals surface area contributed by atoms with Crippen LogP contribution in [-0.2, 0) is 20.7 Å². The summed E-state index contributed by atoms with van der Waals surface area (Å²) in [6, 6.07) is 8.35. The Hall–Kier alpha value is -1.88. The van der Waals surface area contributed by atoms with E-state index in [0.29, 0.717) is 32.8 Å². The molecular weight excluding hydrogens is 328 g/mol. The molecule has 0 aromatic heterocycles. The molecule has 0 N–H and O–H groups in total. The normalized spacial score (nSPS) is 26.3. The van der Waals surface area contributed by atoms with E-state index < -0.39 is 0 Å². The minimum absolute atomic E-state index is 0.0304. The Morgan fingerprint density at radius 2 is 1.73 bits per heavy atom. The lowest BCUT2D eigenvalue weighted by Gasteiger charge is -2.38. The Morgan fingerprint density at radius 1 is 0.923 bits per heavy atom. The van der Waals surface area contributed by atoms with Crippen LogP contribution in [0, 0.1) is 5.92 Å². The number of benzene rings is 1. The maximum absolute atomic E-state index is 13.2. The molecule has 4 rings (SSSR count). The summed E-state index contributed by atoms with van der Waals surface area (Å²) in [5, 5.41) is 0. The van der Waals surface area contributed by atoms with Crippen molar-refractivity contribution in [3.63, 3.8) is 0 Å². The van der Waals surface area contributed by atoms with Crippen molar-refractivity contribution in [3.05, 3.63) is 35.4 Å². The summed E-state index contributed by atoms with van der Waals surface area (Å²) in [6.07, 6.45) is 4.87. The lowest BCUT2D eigenvalue weighted by atomic mass is 9.81.